The normalized spacial score (nSPS) is 20.3. The Morgan fingerprint density at radius 2 is 2.33 bits per heavy atom. The standard InChI is InChI=1S/C13H19N5/c1-10-4-3-6-17(8-10)13-12-15-5-7-18(12)9-11(14-2)16-13/h5,7,9-10,14H,3-4,6,8H2,1-2H3. The van der Waals surface area contributed by atoms with Gasteiger partial charge in [0.1, 0.15) is 5.82 Å². The van der Waals surface area contributed by atoms with Crippen molar-refractivity contribution in [3.05, 3.63) is 18.6 Å². The van der Waals surface area contributed by atoms with Gasteiger partial charge in [0.05, 0.1) is 6.20 Å². The van der Waals surface area contributed by atoms with Crippen LogP contribution < -0.4 is 10.2 Å². The van der Waals surface area contributed by atoms with E-state index in [-0.39, 0.29) is 0 Å². The third-order valence-corrected chi connectivity index (χ3v) is 3.57. The predicted molar refractivity (Wildman–Crippen MR) is 73.1 cm³/mol. The molecule has 1 saturated heterocycles. The van der Waals surface area contributed by atoms with E-state index in [1.54, 1.807) is 0 Å². The van der Waals surface area contributed by atoms with Crippen LogP contribution in [0, 0.1) is 5.92 Å². The van der Waals surface area contributed by atoms with E-state index in [2.05, 4.69) is 27.1 Å². The highest BCUT2D eigenvalue weighted by Crippen LogP contribution is 2.25. The second-order valence-corrected chi connectivity index (χ2v) is 5.05. The Labute approximate surface area is 107 Å². The highest BCUT2D eigenvalue weighted by atomic mass is 15.2. The Morgan fingerprint density at radius 3 is 3.11 bits per heavy atom. The molecule has 1 fully saturated rings. The number of piperidine rings is 1. The molecule has 1 aliphatic heterocycles. The van der Waals surface area contributed by atoms with Crippen LogP contribution in [0.5, 0.6) is 0 Å². The Bertz CT molecular complexity index is 547. The molecule has 3 rings (SSSR count). The Balaban J connectivity index is 2.05. The second-order valence-electron chi connectivity index (χ2n) is 5.05. The summed E-state index contributed by atoms with van der Waals surface area (Å²) in [4.78, 5) is 11.5. The molecule has 1 N–H and O–H groups in total. The van der Waals surface area contributed by atoms with Crippen molar-refractivity contribution in [2.24, 2.45) is 5.92 Å². The van der Waals surface area contributed by atoms with Crippen molar-refractivity contribution < 1.29 is 0 Å². The predicted octanol–water partition coefficient (Wildman–Crippen LogP) is 2.01. The van der Waals surface area contributed by atoms with Crippen molar-refractivity contribution in [1.29, 1.82) is 0 Å². The number of nitrogens with one attached hydrogen (secondary N) is 1. The van der Waals surface area contributed by atoms with Gasteiger partial charge >= 0.3 is 0 Å². The van der Waals surface area contributed by atoms with E-state index >= 15 is 0 Å². The van der Waals surface area contributed by atoms with Crippen LogP contribution in [0.3, 0.4) is 0 Å². The number of anilines is 2. The van der Waals surface area contributed by atoms with E-state index in [0.717, 1.165) is 36.3 Å². The van der Waals surface area contributed by atoms with Gasteiger partial charge < -0.3 is 14.6 Å². The molecular weight excluding hydrogens is 226 g/mol. The first-order valence-electron chi connectivity index (χ1n) is 6.54. The molecule has 0 aromatic carbocycles. The summed E-state index contributed by atoms with van der Waals surface area (Å²) in [5, 5.41) is 3.11. The van der Waals surface area contributed by atoms with Crippen LogP contribution >= 0.6 is 0 Å². The summed E-state index contributed by atoms with van der Waals surface area (Å²) in [6.45, 7) is 4.45. The van der Waals surface area contributed by atoms with Gasteiger partial charge in [-0.2, -0.15) is 0 Å². The molecule has 2 aromatic heterocycles. The highest BCUT2D eigenvalue weighted by Gasteiger charge is 2.20. The number of rotatable bonds is 2. The molecule has 18 heavy (non-hydrogen) atoms. The Kier molecular flexibility index (Phi) is 2.81. The van der Waals surface area contributed by atoms with E-state index in [4.69, 9.17) is 0 Å². The van der Waals surface area contributed by atoms with E-state index in [9.17, 15) is 0 Å². The van der Waals surface area contributed by atoms with Gasteiger partial charge in [0, 0.05) is 32.5 Å². The number of hydrogen-bond acceptors (Lipinski definition) is 4. The molecule has 1 aliphatic rings. The van der Waals surface area contributed by atoms with Gasteiger partial charge in [-0.15, -0.1) is 0 Å². The van der Waals surface area contributed by atoms with Crippen molar-refractivity contribution >= 4 is 17.3 Å². The minimum atomic E-state index is 0.730. The average molecular weight is 245 g/mol. The van der Waals surface area contributed by atoms with Gasteiger partial charge in [0.25, 0.3) is 0 Å². The Morgan fingerprint density at radius 1 is 1.44 bits per heavy atom. The lowest BCUT2D eigenvalue weighted by atomic mass is 10.0. The summed E-state index contributed by atoms with van der Waals surface area (Å²) in [5.74, 6) is 2.61. The minimum absolute atomic E-state index is 0.730. The molecule has 96 valence electrons. The number of fused-ring (bicyclic) bond motifs is 1. The number of imidazole rings is 1. The molecule has 0 bridgehead atoms. The summed E-state index contributed by atoms with van der Waals surface area (Å²) in [5.41, 5.74) is 0.947. The van der Waals surface area contributed by atoms with Crippen molar-refractivity contribution in [2.45, 2.75) is 19.8 Å². The zero-order valence-corrected chi connectivity index (χ0v) is 10.9. The number of nitrogens with zero attached hydrogens (tertiary/aromatic N) is 4. The van der Waals surface area contributed by atoms with Crippen LogP contribution in [0.25, 0.3) is 5.65 Å². The summed E-state index contributed by atoms with van der Waals surface area (Å²) in [6.07, 6.45) is 8.31. The van der Waals surface area contributed by atoms with E-state index < -0.39 is 0 Å². The van der Waals surface area contributed by atoms with Crippen molar-refractivity contribution in [3.8, 4) is 0 Å². The van der Waals surface area contributed by atoms with E-state index in [0.29, 0.717) is 0 Å². The molecule has 0 saturated carbocycles. The molecule has 0 radical (unpaired) electrons. The Hall–Kier alpha value is -1.78. The van der Waals surface area contributed by atoms with Crippen LogP contribution in [-0.4, -0.2) is 34.5 Å². The third-order valence-electron chi connectivity index (χ3n) is 3.57. The lowest BCUT2D eigenvalue weighted by Gasteiger charge is -2.32. The molecular formula is C13H19N5. The fourth-order valence-electron chi connectivity index (χ4n) is 2.63. The first-order chi connectivity index (χ1) is 8.78. The molecule has 0 aliphatic carbocycles. The van der Waals surface area contributed by atoms with Crippen molar-refractivity contribution in [2.75, 3.05) is 30.4 Å². The maximum Gasteiger partial charge on any atom is 0.180 e. The lowest BCUT2D eigenvalue weighted by molar-refractivity contribution is 0.445. The molecule has 5 heteroatoms. The topological polar surface area (TPSA) is 45.5 Å². The first kappa shape index (κ1) is 11.3. The van der Waals surface area contributed by atoms with Crippen molar-refractivity contribution in [3.63, 3.8) is 0 Å². The maximum absolute atomic E-state index is 4.68. The zero-order valence-electron chi connectivity index (χ0n) is 10.9. The van der Waals surface area contributed by atoms with Crippen LogP contribution in [0.15, 0.2) is 18.6 Å². The van der Waals surface area contributed by atoms with Gasteiger partial charge in [0.2, 0.25) is 0 Å². The minimum Gasteiger partial charge on any atom is -0.372 e. The average Bonchev–Trinajstić information content (AvgIpc) is 2.85. The number of hydrogen-bond donors (Lipinski definition) is 1. The smallest absolute Gasteiger partial charge is 0.180 e. The summed E-state index contributed by atoms with van der Waals surface area (Å²) < 4.78 is 2.04. The quantitative estimate of drug-likeness (QED) is 0.879. The van der Waals surface area contributed by atoms with Crippen LogP contribution in [0.2, 0.25) is 0 Å². The van der Waals surface area contributed by atoms with E-state index in [1.165, 1.54) is 12.8 Å². The van der Waals surface area contributed by atoms with Crippen LogP contribution in [-0.2, 0) is 0 Å². The summed E-state index contributed by atoms with van der Waals surface area (Å²) in [7, 11) is 1.90. The second kappa shape index (κ2) is 4.48. The molecule has 2 aromatic rings. The van der Waals surface area contributed by atoms with E-state index in [1.807, 2.05) is 30.0 Å². The molecule has 0 amide bonds. The molecule has 5 nitrogen and oxygen atoms in total. The molecule has 1 atom stereocenters. The third kappa shape index (κ3) is 1.89. The fraction of sp³-hybridized carbons (Fsp3) is 0.538. The van der Waals surface area contributed by atoms with Gasteiger partial charge in [-0.25, -0.2) is 9.97 Å². The molecule has 3 heterocycles. The van der Waals surface area contributed by atoms with Crippen molar-refractivity contribution in [1.82, 2.24) is 14.4 Å². The largest absolute Gasteiger partial charge is 0.372 e. The van der Waals surface area contributed by atoms with Crippen LogP contribution in [0.4, 0.5) is 11.6 Å². The molecule has 1 unspecified atom stereocenters. The first-order valence-corrected chi connectivity index (χ1v) is 6.54. The highest BCUT2D eigenvalue weighted by molar-refractivity contribution is 5.66. The SMILES string of the molecule is CNc1cn2ccnc2c(N2CCCC(C)C2)n1. The lowest BCUT2D eigenvalue weighted by Crippen LogP contribution is -2.35. The summed E-state index contributed by atoms with van der Waals surface area (Å²) >= 11 is 0. The summed E-state index contributed by atoms with van der Waals surface area (Å²) in [6, 6.07) is 0. The van der Waals surface area contributed by atoms with Gasteiger partial charge in [-0.05, 0) is 18.8 Å². The van der Waals surface area contributed by atoms with Gasteiger partial charge in [-0.3, -0.25) is 0 Å². The van der Waals surface area contributed by atoms with Gasteiger partial charge in [-0.1, -0.05) is 6.92 Å². The fourth-order valence-corrected chi connectivity index (χ4v) is 2.63. The maximum atomic E-state index is 4.68. The molecule has 0 spiro atoms. The monoisotopic (exact) mass is 245 g/mol. The van der Waals surface area contributed by atoms with Crippen LogP contribution in [0.1, 0.15) is 19.8 Å². The zero-order chi connectivity index (χ0) is 12.5. The number of aromatic nitrogens is 3. The van der Waals surface area contributed by atoms with Gasteiger partial charge in [0.15, 0.2) is 11.5 Å².